The average molecular weight is 535 g/mol. The third-order valence-electron chi connectivity index (χ3n) is 6.98. The van der Waals surface area contributed by atoms with Crippen molar-refractivity contribution < 1.29 is 31.9 Å². The number of carbonyl (C=O) groups excluding carboxylic acids is 3. The van der Waals surface area contributed by atoms with E-state index in [1.54, 1.807) is 36.4 Å². The average Bonchev–Trinajstić information content (AvgIpc) is 3.26. The first kappa shape index (κ1) is 27.4. The minimum absolute atomic E-state index is 0.199. The van der Waals surface area contributed by atoms with Crippen LogP contribution in [0.5, 0.6) is 0 Å². The first-order valence-electron chi connectivity index (χ1n) is 12.4. The summed E-state index contributed by atoms with van der Waals surface area (Å²) in [5.41, 5.74) is 1.20. The number of nitrogens with zero attached hydrogens (tertiary/aromatic N) is 2. The third-order valence-corrected chi connectivity index (χ3v) is 6.98. The number of likely N-dealkylation sites (tertiary alicyclic amines) is 1. The fraction of sp³-hybridized carbons (Fsp3) is 0.444. The van der Waals surface area contributed by atoms with E-state index < -0.39 is 73.1 Å². The summed E-state index contributed by atoms with van der Waals surface area (Å²) >= 11 is 0. The molecule has 2 fully saturated rings. The van der Waals surface area contributed by atoms with Gasteiger partial charge in [0.05, 0.1) is 19.1 Å². The zero-order valence-corrected chi connectivity index (χ0v) is 21.1. The highest BCUT2D eigenvalue weighted by Gasteiger charge is 2.47. The number of urea groups is 1. The van der Waals surface area contributed by atoms with E-state index in [9.17, 15) is 27.6 Å². The molecule has 0 spiro atoms. The van der Waals surface area contributed by atoms with Crippen molar-refractivity contribution in [2.24, 2.45) is 0 Å². The summed E-state index contributed by atoms with van der Waals surface area (Å²) in [7, 11) is 3.01. The molecule has 1 aliphatic heterocycles. The summed E-state index contributed by atoms with van der Waals surface area (Å²) in [6, 6.07) is 10.5. The molecule has 1 aliphatic carbocycles. The van der Waals surface area contributed by atoms with E-state index in [0.29, 0.717) is 11.1 Å². The van der Waals surface area contributed by atoms with Gasteiger partial charge in [-0.2, -0.15) is 0 Å². The Labute approximate surface area is 218 Å². The maximum absolute atomic E-state index is 15.0. The molecule has 0 unspecified atom stereocenters. The topological polar surface area (TPSA) is 81.8 Å². The minimum atomic E-state index is -2.79. The molecule has 38 heavy (non-hydrogen) atoms. The fourth-order valence-electron chi connectivity index (χ4n) is 4.90. The van der Waals surface area contributed by atoms with Crippen LogP contribution < -0.4 is 10.6 Å². The largest absolute Gasteiger partial charge is 0.343 e. The van der Waals surface area contributed by atoms with E-state index in [1.807, 2.05) is 0 Å². The monoisotopic (exact) mass is 534 g/mol. The molecule has 2 N–H and O–H groups in total. The standard InChI is InChI=1S/C27H30F4N4O3/c1-34(2)26(38)32-14-23(36)35-15-19(28)11-22(35)25(37)33-24(16-6-4-3-5-7-16)17-8-9-20(21(29)10-17)18-12-27(30,31)13-18/h3-10,18-19,22,24H,11-15H2,1-2H3,(H,32,38)(H,33,37)/t19-,22+,24+/m1/s1. The Hall–Kier alpha value is -3.63. The maximum atomic E-state index is 15.0. The molecule has 0 radical (unpaired) electrons. The molecular formula is C27H30F4N4O3. The Bertz CT molecular complexity index is 1190. The first-order chi connectivity index (χ1) is 17.9. The molecule has 2 aliphatic rings. The molecule has 1 saturated heterocycles. The predicted molar refractivity (Wildman–Crippen MR) is 132 cm³/mol. The second-order valence-electron chi connectivity index (χ2n) is 10.0. The molecule has 4 amide bonds. The van der Waals surface area contributed by atoms with Crippen molar-refractivity contribution in [2.45, 2.75) is 49.4 Å². The fourth-order valence-corrected chi connectivity index (χ4v) is 4.90. The lowest BCUT2D eigenvalue weighted by Crippen LogP contribution is -2.50. The number of benzene rings is 2. The van der Waals surface area contributed by atoms with Gasteiger partial charge in [-0.05, 0) is 28.7 Å². The number of amides is 4. The van der Waals surface area contributed by atoms with Gasteiger partial charge in [0.2, 0.25) is 17.7 Å². The summed E-state index contributed by atoms with van der Waals surface area (Å²) in [5, 5.41) is 5.23. The molecule has 1 saturated carbocycles. The van der Waals surface area contributed by atoms with E-state index in [1.165, 1.54) is 31.1 Å². The molecular weight excluding hydrogens is 504 g/mol. The Balaban J connectivity index is 1.53. The molecule has 4 rings (SSSR count). The van der Waals surface area contributed by atoms with E-state index in [0.717, 1.165) is 4.90 Å². The molecule has 2 aromatic rings. The number of halogens is 4. The normalized spacial score (nSPS) is 21.4. The van der Waals surface area contributed by atoms with Crippen LogP contribution in [0.15, 0.2) is 48.5 Å². The summed E-state index contributed by atoms with van der Waals surface area (Å²) in [6.07, 6.45) is -2.46. The van der Waals surface area contributed by atoms with Crippen LogP contribution in [-0.4, -0.2) is 73.0 Å². The number of hydrogen-bond donors (Lipinski definition) is 2. The number of hydrogen-bond acceptors (Lipinski definition) is 3. The van der Waals surface area contributed by atoms with Gasteiger partial charge in [0.1, 0.15) is 18.0 Å². The van der Waals surface area contributed by atoms with Gasteiger partial charge in [-0.3, -0.25) is 9.59 Å². The van der Waals surface area contributed by atoms with Crippen LogP contribution in [0.4, 0.5) is 22.4 Å². The Kier molecular flexibility index (Phi) is 7.94. The molecule has 2 aromatic carbocycles. The number of alkyl halides is 3. The van der Waals surface area contributed by atoms with Crippen LogP contribution >= 0.6 is 0 Å². The van der Waals surface area contributed by atoms with Gasteiger partial charge in [-0.1, -0.05) is 42.5 Å². The highest BCUT2D eigenvalue weighted by Crippen LogP contribution is 2.49. The molecule has 7 nitrogen and oxygen atoms in total. The third kappa shape index (κ3) is 6.08. The smallest absolute Gasteiger partial charge is 0.317 e. The van der Waals surface area contributed by atoms with Gasteiger partial charge in [0.15, 0.2) is 0 Å². The SMILES string of the molecule is CN(C)C(=O)NCC(=O)N1C[C@H](F)C[C@H]1C(=O)N[C@@H](c1ccccc1)c1ccc(C2CC(F)(F)C2)c(F)c1. The van der Waals surface area contributed by atoms with E-state index in [-0.39, 0.29) is 18.5 Å². The highest BCUT2D eigenvalue weighted by molar-refractivity contribution is 5.91. The zero-order chi connectivity index (χ0) is 27.6. The number of nitrogens with one attached hydrogen (secondary N) is 2. The van der Waals surface area contributed by atoms with Crippen LogP contribution in [-0.2, 0) is 9.59 Å². The minimum Gasteiger partial charge on any atom is -0.343 e. The Morgan fingerprint density at radius 3 is 2.37 bits per heavy atom. The zero-order valence-electron chi connectivity index (χ0n) is 21.1. The van der Waals surface area contributed by atoms with Gasteiger partial charge in [-0.25, -0.2) is 22.4 Å². The van der Waals surface area contributed by atoms with Crippen molar-refractivity contribution in [3.8, 4) is 0 Å². The van der Waals surface area contributed by atoms with Gasteiger partial charge in [0.25, 0.3) is 0 Å². The molecule has 0 bridgehead atoms. The van der Waals surface area contributed by atoms with Gasteiger partial charge in [0, 0.05) is 33.4 Å². The van der Waals surface area contributed by atoms with Gasteiger partial charge < -0.3 is 20.4 Å². The molecule has 3 atom stereocenters. The van der Waals surface area contributed by atoms with Crippen LogP contribution in [0, 0.1) is 5.82 Å². The van der Waals surface area contributed by atoms with E-state index >= 15 is 4.39 Å². The second kappa shape index (κ2) is 11.0. The second-order valence-corrected chi connectivity index (χ2v) is 10.0. The van der Waals surface area contributed by atoms with Gasteiger partial charge in [-0.15, -0.1) is 0 Å². The Morgan fingerprint density at radius 1 is 1.08 bits per heavy atom. The summed E-state index contributed by atoms with van der Waals surface area (Å²) < 4.78 is 56.0. The Morgan fingerprint density at radius 2 is 1.76 bits per heavy atom. The van der Waals surface area contributed by atoms with Gasteiger partial charge >= 0.3 is 6.03 Å². The lowest BCUT2D eigenvalue weighted by Gasteiger charge is -2.35. The van der Waals surface area contributed by atoms with Crippen molar-refractivity contribution in [1.29, 1.82) is 0 Å². The summed E-state index contributed by atoms with van der Waals surface area (Å²) in [4.78, 5) is 40.2. The van der Waals surface area contributed by atoms with E-state index in [4.69, 9.17) is 0 Å². The maximum Gasteiger partial charge on any atom is 0.317 e. The van der Waals surface area contributed by atoms with Crippen molar-refractivity contribution in [2.75, 3.05) is 27.2 Å². The number of carbonyl (C=O) groups is 3. The number of rotatable bonds is 7. The van der Waals surface area contributed by atoms with E-state index in [2.05, 4.69) is 10.6 Å². The van der Waals surface area contributed by atoms with Crippen LogP contribution in [0.1, 0.15) is 47.9 Å². The van der Waals surface area contributed by atoms with Crippen molar-refractivity contribution in [3.05, 3.63) is 71.0 Å². The van der Waals surface area contributed by atoms with Crippen molar-refractivity contribution in [1.82, 2.24) is 20.4 Å². The van der Waals surface area contributed by atoms with Crippen molar-refractivity contribution in [3.63, 3.8) is 0 Å². The molecule has 204 valence electrons. The molecule has 0 aromatic heterocycles. The quantitative estimate of drug-likeness (QED) is 0.531. The molecule has 1 heterocycles. The van der Waals surface area contributed by atoms with Crippen LogP contribution in [0.2, 0.25) is 0 Å². The van der Waals surface area contributed by atoms with Crippen molar-refractivity contribution >= 4 is 17.8 Å². The predicted octanol–water partition coefficient (Wildman–Crippen LogP) is 3.75. The first-order valence-corrected chi connectivity index (χ1v) is 12.4. The lowest BCUT2D eigenvalue weighted by atomic mass is 9.76. The van der Waals surface area contributed by atoms with Crippen LogP contribution in [0.3, 0.4) is 0 Å². The lowest BCUT2D eigenvalue weighted by molar-refractivity contribution is -0.137. The van der Waals surface area contributed by atoms with Crippen LogP contribution in [0.25, 0.3) is 0 Å². The highest BCUT2D eigenvalue weighted by atomic mass is 19.3. The summed E-state index contributed by atoms with van der Waals surface area (Å²) in [5.74, 6) is -5.24. The summed E-state index contributed by atoms with van der Waals surface area (Å²) in [6.45, 7) is -0.692. The molecule has 11 heteroatoms.